The number of urea groups is 1. The van der Waals surface area contributed by atoms with Crippen LogP contribution in [0.15, 0.2) is 18.2 Å². The lowest BCUT2D eigenvalue weighted by Crippen LogP contribution is -2.41. The molecule has 0 heterocycles. The summed E-state index contributed by atoms with van der Waals surface area (Å²) in [5, 5.41) is 14.8. The maximum absolute atomic E-state index is 12.1. The lowest BCUT2D eigenvalue weighted by Gasteiger charge is -2.19. The van der Waals surface area contributed by atoms with Crippen LogP contribution < -0.4 is 10.6 Å². The highest BCUT2D eigenvalue weighted by molar-refractivity contribution is 5.97. The van der Waals surface area contributed by atoms with E-state index < -0.39 is 0 Å². The summed E-state index contributed by atoms with van der Waals surface area (Å²) >= 11 is 0. The van der Waals surface area contributed by atoms with Crippen molar-refractivity contribution in [1.82, 2.24) is 10.2 Å². The molecule has 1 atom stereocenters. The molecule has 6 heteroatoms. The normalized spacial score (nSPS) is 12.0. The number of hydrogen-bond acceptors (Lipinski definition) is 3. The van der Waals surface area contributed by atoms with Crippen molar-refractivity contribution in [3.8, 4) is 0 Å². The van der Waals surface area contributed by atoms with Crippen LogP contribution in [0.5, 0.6) is 0 Å². The molecule has 0 aliphatic heterocycles. The number of carbonyl (C=O) groups is 2. The van der Waals surface area contributed by atoms with Gasteiger partial charge in [0.1, 0.15) is 0 Å². The van der Waals surface area contributed by atoms with Gasteiger partial charge in [0.05, 0.1) is 12.6 Å². The summed E-state index contributed by atoms with van der Waals surface area (Å²) in [6.45, 7) is 5.81. The molecule has 0 aliphatic carbocycles. The van der Waals surface area contributed by atoms with Gasteiger partial charge in [-0.1, -0.05) is 19.9 Å². The Hall–Kier alpha value is -2.08. The SMILES string of the molecule is Cc1ccc(C(=O)N(C)C)cc1NC(=O)NC(CO)CC(C)C. The van der Waals surface area contributed by atoms with Crippen LogP contribution >= 0.6 is 0 Å². The molecule has 1 aromatic rings. The van der Waals surface area contributed by atoms with E-state index in [2.05, 4.69) is 10.6 Å². The van der Waals surface area contributed by atoms with Crippen molar-refractivity contribution in [1.29, 1.82) is 0 Å². The highest BCUT2D eigenvalue weighted by Crippen LogP contribution is 2.18. The predicted octanol–water partition coefficient (Wildman–Crippen LogP) is 2.23. The van der Waals surface area contributed by atoms with Crippen LogP contribution in [0.2, 0.25) is 0 Å². The van der Waals surface area contributed by atoms with Crippen molar-refractivity contribution >= 4 is 17.6 Å². The third-order valence-corrected chi connectivity index (χ3v) is 3.45. The first kappa shape index (κ1) is 19.0. The minimum atomic E-state index is -0.387. The van der Waals surface area contributed by atoms with Gasteiger partial charge >= 0.3 is 6.03 Å². The zero-order valence-corrected chi connectivity index (χ0v) is 14.5. The van der Waals surface area contributed by atoms with Crippen molar-refractivity contribution in [2.45, 2.75) is 33.2 Å². The molecule has 23 heavy (non-hydrogen) atoms. The van der Waals surface area contributed by atoms with Gasteiger partial charge in [-0.25, -0.2) is 4.79 Å². The van der Waals surface area contributed by atoms with E-state index in [4.69, 9.17) is 0 Å². The van der Waals surface area contributed by atoms with E-state index in [0.29, 0.717) is 23.6 Å². The van der Waals surface area contributed by atoms with Gasteiger partial charge in [-0.15, -0.1) is 0 Å². The van der Waals surface area contributed by atoms with E-state index in [1.807, 2.05) is 20.8 Å². The second kappa shape index (κ2) is 8.53. The van der Waals surface area contributed by atoms with E-state index in [9.17, 15) is 14.7 Å². The average Bonchev–Trinajstić information content (AvgIpc) is 2.47. The van der Waals surface area contributed by atoms with E-state index in [1.165, 1.54) is 4.90 Å². The highest BCUT2D eigenvalue weighted by atomic mass is 16.3. The van der Waals surface area contributed by atoms with Gasteiger partial charge in [-0.3, -0.25) is 4.79 Å². The first-order valence-corrected chi connectivity index (χ1v) is 7.75. The van der Waals surface area contributed by atoms with Gasteiger partial charge in [-0.05, 0) is 37.0 Å². The number of anilines is 1. The monoisotopic (exact) mass is 321 g/mol. The van der Waals surface area contributed by atoms with Gasteiger partial charge in [0.25, 0.3) is 5.91 Å². The standard InChI is InChI=1S/C17H27N3O3/c1-11(2)8-14(10-21)18-17(23)19-15-9-13(7-6-12(15)3)16(22)20(4)5/h6-7,9,11,14,21H,8,10H2,1-5H3,(H2,18,19,23). The Kier molecular flexibility index (Phi) is 7.03. The molecule has 1 rings (SSSR count). The Balaban J connectivity index is 2.81. The fourth-order valence-electron chi connectivity index (χ4n) is 2.24. The van der Waals surface area contributed by atoms with Gasteiger partial charge in [0.2, 0.25) is 0 Å². The van der Waals surface area contributed by atoms with Crippen molar-refractivity contribution in [3.63, 3.8) is 0 Å². The topological polar surface area (TPSA) is 81.7 Å². The van der Waals surface area contributed by atoms with E-state index in [1.54, 1.807) is 32.3 Å². The van der Waals surface area contributed by atoms with Crippen molar-refractivity contribution in [2.75, 3.05) is 26.0 Å². The molecule has 0 bridgehead atoms. The minimum Gasteiger partial charge on any atom is -0.394 e. The number of aryl methyl sites for hydroxylation is 1. The summed E-state index contributed by atoms with van der Waals surface area (Å²) in [7, 11) is 3.36. The molecule has 0 radical (unpaired) electrons. The average molecular weight is 321 g/mol. The molecule has 6 nitrogen and oxygen atoms in total. The summed E-state index contributed by atoms with van der Waals surface area (Å²) in [4.78, 5) is 25.6. The van der Waals surface area contributed by atoms with Gasteiger partial charge in [0, 0.05) is 25.3 Å². The fourth-order valence-corrected chi connectivity index (χ4v) is 2.24. The molecule has 0 fully saturated rings. The van der Waals surface area contributed by atoms with E-state index in [-0.39, 0.29) is 24.6 Å². The number of benzene rings is 1. The van der Waals surface area contributed by atoms with Crippen LogP contribution in [0.1, 0.15) is 36.2 Å². The Labute approximate surface area is 137 Å². The predicted molar refractivity (Wildman–Crippen MR) is 91.7 cm³/mol. The molecule has 3 N–H and O–H groups in total. The van der Waals surface area contributed by atoms with Gasteiger partial charge in [0.15, 0.2) is 0 Å². The molecular weight excluding hydrogens is 294 g/mol. The summed E-state index contributed by atoms with van der Waals surface area (Å²) < 4.78 is 0. The first-order chi connectivity index (χ1) is 10.7. The number of hydrogen-bond donors (Lipinski definition) is 3. The van der Waals surface area contributed by atoms with E-state index >= 15 is 0 Å². The third kappa shape index (κ3) is 5.90. The molecule has 0 saturated heterocycles. The highest BCUT2D eigenvalue weighted by Gasteiger charge is 2.15. The Bertz CT molecular complexity index is 556. The maximum Gasteiger partial charge on any atom is 0.319 e. The van der Waals surface area contributed by atoms with Gasteiger partial charge in [-0.2, -0.15) is 0 Å². The summed E-state index contributed by atoms with van der Waals surface area (Å²) in [6, 6.07) is 4.51. The number of carbonyl (C=O) groups excluding carboxylic acids is 2. The molecule has 0 saturated carbocycles. The van der Waals surface area contributed by atoms with Crippen LogP contribution in [0.25, 0.3) is 0 Å². The Morgan fingerprint density at radius 1 is 1.26 bits per heavy atom. The number of aliphatic hydroxyl groups is 1. The lowest BCUT2D eigenvalue weighted by atomic mass is 10.0. The third-order valence-electron chi connectivity index (χ3n) is 3.45. The van der Waals surface area contributed by atoms with Gasteiger partial charge < -0.3 is 20.6 Å². The molecule has 0 aliphatic rings. The van der Waals surface area contributed by atoms with Crippen LogP contribution in [-0.2, 0) is 0 Å². The Morgan fingerprint density at radius 2 is 1.91 bits per heavy atom. The van der Waals surface area contributed by atoms with Crippen LogP contribution in [0.4, 0.5) is 10.5 Å². The largest absolute Gasteiger partial charge is 0.394 e. The Morgan fingerprint density at radius 3 is 2.43 bits per heavy atom. The second-order valence-electron chi connectivity index (χ2n) is 6.34. The first-order valence-electron chi connectivity index (χ1n) is 7.75. The van der Waals surface area contributed by atoms with Crippen molar-refractivity contribution < 1.29 is 14.7 Å². The quantitative estimate of drug-likeness (QED) is 0.751. The number of nitrogens with one attached hydrogen (secondary N) is 2. The van der Waals surface area contributed by atoms with Crippen LogP contribution in [-0.4, -0.2) is 48.7 Å². The number of nitrogens with zero attached hydrogens (tertiary/aromatic N) is 1. The lowest BCUT2D eigenvalue weighted by molar-refractivity contribution is 0.0827. The number of rotatable bonds is 6. The molecule has 1 aromatic carbocycles. The van der Waals surface area contributed by atoms with Crippen molar-refractivity contribution in [3.05, 3.63) is 29.3 Å². The molecule has 0 spiro atoms. The number of amides is 3. The van der Waals surface area contributed by atoms with Crippen LogP contribution in [0.3, 0.4) is 0 Å². The fraction of sp³-hybridized carbons (Fsp3) is 0.529. The molecule has 128 valence electrons. The number of aliphatic hydroxyl groups excluding tert-OH is 1. The molecule has 1 unspecified atom stereocenters. The second-order valence-corrected chi connectivity index (χ2v) is 6.34. The molecule has 3 amide bonds. The molecular formula is C17H27N3O3. The maximum atomic E-state index is 12.1. The van der Waals surface area contributed by atoms with Crippen LogP contribution in [0, 0.1) is 12.8 Å². The summed E-state index contributed by atoms with van der Waals surface area (Å²) in [6.07, 6.45) is 0.696. The summed E-state index contributed by atoms with van der Waals surface area (Å²) in [5.41, 5.74) is 1.95. The smallest absolute Gasteiger partial charge is 0.319 e. The zero-order valence-electron chi connectivity index (χ0n) is 14.5. The van der Waals surface area contributed by atoms with Crippen molar-refractivity contribution in [2.24, 2.45) is 5.92 Å². The molecule has 0 aromatic heterocycles. The minimum absolute atomic E-state index is 0.107. The summed E-state index contributed by atoms with van der Waals surface area (Å²) in [5.74, 6) is 0.247. The zero-order chi connectivity index (χ0) is 17.6. The van der Waals surface area contributed by atoms with E-state index in [0.717, 1.165) is 5.56 Å².